The molecule has 0 aliphatic heterocycles. The van der Waals surface area contributed by atoms with E-state index >= 15 is 0 Å². The monoisotopic (exact) mass is 307 g/mol. The molecule has 22 heavy (non-hydrogen) atoms. The largest absolute Gasteiger partial charge is 0.494 e. The highest BCUT2D eigenvalue weighted by molar-refractivity contribution is 5.79. The predicted octanol–water partition coefficient (Wildman–Crippen LogP) is 1.90. The van der Waals surface area contributed by atoms with Gasteiger partial charge in [0.1, 0.15) is 0 Å². The molecule has 120 valence electrons. The van der Waals surface area contributed by atoms with Crippen LogP contribution in [0.1, 0.15) is 24.8 Å². The number of fused-ring (bicyclic) bond motifs is 2. The van der Waals surface area contributed by atoms with Crippen LogP contribution in [-0.4, -0.2) is 30.8 Å². The molecule has 0 heterocycles. The van der Waals surface area contributed by atoms with Gasteiger partial charge in [-0.05, 0) is 48.8 Å². The molecule has 5 heteroatoms. The summed E-state index contributed by atoms with van der Waals surface area (Å²) in [5.41, 5.74) is 0.625. The number of hydrogen-bond donors (Lipinski definition) is 2. The summed E-state index contributed by atoms with van der Waals surface area (Å²) in [7, 11) is 1.41. The molecule has 4 atom stereocenters. The maximum atomic E-state index is 13.7. The lowest BCUT2D eigenvalue weighted by Gasteiger charge is -2.30. The number of aliphatic hydroxyl groups is 1. The van der Waals surface area contributed by atoms with Gasteiger partial charge in [-0.2, -0.15) is 0 Å². The van der Waals surface area contributed by atoms with E-state index in [4.69, 9.17) is 4.74 Å². The van der Waals surface area contributed by atoms with Gasteiger partial charge in [0.25, 0.3) is 0 Å². The number of aliphatic hydroxyl groups excluding tert-OH is 1. The van der Waals surface area contributed by atoms with Crippen LogP contribution in [0.5, 0.6) is 5.75 Å². The zero-order valence-corrected chi connectivity index (χ0v) is 12.7. The van der Waals surface area contributed by atoms with E-state index in [0.717, 1.165) is 19.3 Å². The molecule has 2 fully saturated rings. The van der Waals surface area contributed by atoms with Gasteiger partial charge in [0.05, 0.1) is 13.5 Å². The summed E-state index contributed by atoms with van der Waals surface area (Å²) in [4.78, 5) is 12.2. The first-order valence-electron chi connectivity index (χ1n) is 7.85. The zero-order valence-electron chi connectivity index (χ0n) is 12.7. The van der Waals surface area contributed by atoms with Gasteiger partial charge in [0.2, 0.25) is 5.91 Å². The van der Waals surface area contributed by atoms with Gasteiger partial charge in [0, 0.05) is 18.6 Å². The molecule has 2 N–H and O–H groups in total. The Bertz CT molecular complexity index is 563. The first-order valence-corrected chi connectivity index (χ1v) is 7.85. The Morgan fingerprint density at radius 1 is 1.41 bits per heavy atom. The van der Waals surface area contributed by atoms with Crippen LogP contribution >= 0.6 is 0 Å². The Balaban J connectivity index is 1.62. The number of hydrogen-bond acceptors (Lipinski definition) is 3. The van der Waals surface area contributed by atoms with Crippen LogP contribution in [-0.2, 0) is 11.2 Å². The van der Waals surface area contributed by atoms with E-state index in [1.165, 1.54) is 19.2 Å². The second-order valence-electron chi connectivity index (χ2n) is 6.42. The van der Waals surface area contributed by atoms with E-state index < -0.39 is 5.82 Å². The average molecular weight is 307 g/mol. The smallest absolute Gasteiger partial charge is 0.224 e. The van der Waals surface area contributed by atoms with Gasteiger partial charge < -0.3 is 15.2 Å². The van der Waals surface area contributed by atoms with E-state index in [2.05, 4.69) is 5.32 Å². The van der Waals surface area contributed by atoms with Crippen LogP contribution < -0.4 is 10.1 Å². The highest BCUT2D eigenvalue weighted by atomic mass is 19.1. The Kier molecular flexibility index (Phi) is 4.34. The maximum Gasteiger partial charge on any atom is 0.224 e. The van der Waals surface area contributed by atoms with Crippen LogP contribution in [0, 0.1) is 23.6 Å². The van der Waals surface area contributed by atoms with Crippen molar-refractivity contribution in [2.45, 2.75) is 31.7 Å². The lowest BCUT2D eigenvalue weighted by molar-refractivity contribution is -0.122. The number of benzene rings is 1. The molecule has 2 aliphatic rings. The third kappa shape index (κ3) is 2.82. The highest BCUT2D eigenvalue weighted by Crippen LogP contribution is 2.48. The lowest BCUT2D eigenvalue weighted by atomic mass is 9.85. The number of carbonyl (C=O) groups is 1. The van der Waals surface area contributed by atoms with Gasteiger partial charge >= 0.3 is 0 Å². The van der Waals surface area contributed by atoms with Crippen molar-refractivity contribution in [3.8, 4) is 5.75 Å². The van der Waals surface area contributed by atoms with Crippen molar-refractivity contribution in [3.63, 3.8) is 0 Å². The van der Waals surface area contributed by atoms with Gasteiger partial charge in [-0.1, -0.05) is 6.07 Å². The van der Waals surface area contributed by atoms with Crippen molar-refractivity contribution >= 4 is 5.91 Å². The van der Waals surface area contributed by atoms with Gasteiger partial charge in [-0.15, -0.1) is 0 Å². The van der Waals surface area contributed by atoms with E-state index in [-0.39, 0.29) is 36.6 Å². The third-order valence-electron chi connectivity index (χ3n) is 5.21. The van der Waals surface area contributed by atoms with Crippen molar-refractivity contribution in [1.29, 1.82) is 0 Å². The van der Waals surface area contributed by atoms with Crippen molar-refractivity contribution in [2.24, 2.45) is 17.8 Å². The molecule has 0 spiro atoms. The Morgan fingerprint density at radius 2 is 2.18 bits per heavy atom. The number of methoxy groups -OCH3 is 1. The molecule has 1 amide bonds. The summed E-state index contributed by atoms with van der Waals surface area (Å²) in [5.74, 6) is 0.812. The van der Waals surface area contributed by atoms with Crippen LogP contribution in [0.25, 0.3) is 0 Å². The van der Waals surface area contributed by atoms with E-state index in [9.17, 15) is 14.3 Å². The highest BCUT2D eigenvalue weighted by Gasteiger charge is 2.47. The summed E-state index contributed by atoms with van der Waals surface area (Å²) in [6, 6.07) is 4.64. The first-order chi connectivity index (χ1) is 10.6. The molecular weight excluding hydrogens is 285 g/mol. The standard InChI is InChI=1S/C17H22FNO3/c1-22-15-5-2-10(6-14(15)18)7-16(21)19-17-12-4-3-11(8-12)13(17)9-20/h2,5-6,11-13,17,20H,3-4,7-9H2,1H3,(H,19,21). The van der Waals surface area contributed by atoms with Crippen molar-refractivity contribution < 1.29 is 19.0 Å². The lowest BCUT2D eigenvalue weighted by Crippen LogP contribution is -2.45. The minimum Gasteiger partial charge on any atom is -0.494 e. The second kappa shape index (κ2) is 6.24. The van der Waals surface area contributed by atoms with Crippen molar-refractivity contribution in [1.82, 2.24) is 5.32 Å². The number of amides is 1. The number of halogens is 1. The fourth-order valence-corrected chi connectivity index (χ4v) is 4.14. The first kappa shape index (κ1) is 15.3. The zero-order chi connectivity index (χ0) is 15.7. The van der Waals surface area contributed by atoms with Crippen LogP contribution in [0.2, 0.25) is 0 Å². The molecule has 0 radical (unpaired) electrons. The van der Waals surface area contributed by atoms with Crippen LogP contribution in [0.15, 0.2) is 18.2 Å². The van der Waals surface area contributed by atoms with E-state index in [1.807, 2.05) is 0 Å². The number of nitrogens with one attached hydrogen (secondary N) is 1. The Labute approximate surface area is 129 Å². The summed E-state index contributed by atoms with van der Waals surface area (Å²) in [6.07, 6.45) is 3.54. The second-order valence-corrected chi connectivity index (χ2v) is 6.42. The Morgan fingerprint density at radius 3 is 2.86 bits per heavy atom. The fraction of sp³-hybridized carbons (Fsp3) is 0.588. The van der Waals surface area contributed by atoms with E-state index in [1.54, 1.807) is 6.07 Å². The molecule has 3 rings (SSSR count). The molecule has 4 unspecified atom stereocenters. The SMILES string of the molecule is COc1ccc(CC(=O)NC2C3CCC(C3)C2CO)cc1F. The molecule has 2 aliphatic carbocycles. The van der Waals surface area contributed by atoms with Gasteiger partial charge in [-0.25, -0.2) is 4.39 Å². The molecule has 1 aromatic rings. The molecule has 2 saturated carbocycles. The summed E-state index contributed by atoms with van der Waals surface area (Å²) in [6.45, 7) is 0.128. The molecule has 2 bridgehead atoms. The summed E-state index contributed by atoms with van der Waals surface area (Å²) >= 11 is 0. The van der Waals surface area contributed by atoms with Crippen molar-refractivity contribution in [2.75, 3.05) is 13.7 Å². The quantitative estimate of drug-likeness (QED) is 0.873. The van der Waals surface area contributed by atoms with Crippen LogP contribution in [0.3, 0.4) is 0 Å². The third-order valence-corrected chi connectivity index (χ3v) is 5.21. The minimum absolute atomic E-state index is 0.0688. The normalized spacial score (nSPS) is 29.6. The van der Waals surface area contributed by atoms with Gasteiger partial charge in [0.15, 0.2) is 11.6 Å². The molecule has 1 aromatic carbocycles. The van der Waals surface area contributed by atoms with E-state index in [0.29, 0.717) is 17.4 Å². The number of ether oxygens (including phenoxy) is 1. The molecule has 0 aromatic heterocycles. The molecular formula is C17H22FNO3. The summed E-state index contributed by atoms with van der Waals surface area (Å²) in [5, 5.41) is 12.6. The van der Waals surface area contributed by atoms with Crippen molar-refractivity contribution in [3.05, 3.63) is 29.6 Å². The number of carbonyl (C=O) groups excluding carboxylic acids is 1. The minimum atomic E-state index is -0.457. The van der Waals surface area contributed by atoms with Crippen LogP contribution in [0.4, 0.5) is 4.39 Å². The Hall–Kier alpha value is -1.62. The summed E-state index contributed by atoms with van der Waals surface area (Å²) < 4.78 is 18.5. The topological polar surface area (TPSA) is 58.6 Å². The molecule has 0 saturated heterocycles. The molecule has 4 nitrogen and oxygen atoms in total. The average Bonchev–Trinajstić information content (AvgIpc) is 3.08. The fourth-order valence-electron chi connectivity index (χ4n) is 4.14. The predicted molar refractivity (Wildman–Crippen MR) is 80.0 cm³/mol. The maximum absolute atomic E-state index is 13.7. The number of rotatable bonds is 5. The van der Waals surface area contributed by atoms with Gasteiger partial charge in [-0.3, -0.25) is 4.79 Å².